The van der Waals surface area contributed by atoms with Gasteiger partial charge in [0.2, 0.25) is 5.91 Å². The molecule has 0 spiro atoms. The molecule has 0 aromatic carbocycles. The van der Waals surface area contributed by atoms with Gasteiger partial charge in [0.25, 0.3) is 0 Å². The zero-order chi connectivity index (χ0) is 12.6. The third-order valence-electron chi connectivity index (χ3n) is 3.17. The van der Waals surface area contributed by atoms with E-state index in [2.05, 4.69) is 5.32 Å². The van der Waals surface area contributed by atoms with Gasteiger partial charge in [-0.2, -0.15) is 0 Å². The van der Waals surface area contributed by atoms with Gasteiger partial charge in [0.15, 0.2) is 0 Å². The van der Waals surface area contributed by atoms with Crippen LogP contribution in [0.3, 0.4) is 0 Å². The quantitative estimate of drug-likeness (QED) is 0.697. The maximum Gasteiger partial charge on any atom is 0.310 e. The lowest BCUT2D eigenvalue weighted by Crippen LogP contribution is -2.43. The number of carboxylic acids is 1. The predicted octanol–water partition coefficient (Wildman–Crippen LogP) is 0.413. The summed E-state index contributed by atoms with van der Waals surface area (Å²) in [6, 6.07) is 0. The number of nitrogens with one attached hydrogen (secondary N) is 1. The Morgan fingerprint density at radius 1 is 1.29 bits per heavy atom. The van der Waals surface area contributed by atoms with E-state index in [1.54, 1.807) is 12.2 Å². The molecule has 0 saturated carbocycles. The van der Waals surface area contributed by atoms with Crippen LogP contribution in [0, 0.1) is 17.8 Å². The first kappa shape index (κ1) is 12.1. The Kier molecular flexibility index (Phi) is 3.19. The van der Waals surface area contributed by atoms with Crippen LogP contribution >= 0.6 is 0 Å². The van der Waals surface area contributed by atoms with Crippen LogP contribution in [0.4, 0.5) is 0 Å². The molecule has 0 aromatic rings. The first-order chi connectivity index (χ1) is 8.00. The molecule has 0 aliphatic carbocycles. The van der Waals surface area contributed by atoms with Crippen molar-refractivity contribution in [3.8, 4) is 0 Å². The number of carbonyl (C=O) groups is 2. The number of aliphatic carboxylic acids is 1. The lowest BCUT2D eigenvalue weighted by molar-refractivity contribution is -0.146. The van der Waals surface area contributed by atoms with Crippen LogP contribution in [-0.2, 0) is 14.3 Å². The van der Waals surface area contributed by atoms with Crippen LogP contribution in [0.5, 0.6) is 0 Å². The van der Waals surface area contributed by atoms with E-state index in [1.165, 1.54) is 0 Å². The lowest BCUT2D eigenvalue weighted by Gasteiger charge is -2.21. The molecule has 1 fully saturated rings. The number of fused-ring (bicyclic) bond motifs is 2. The van der Waals surface area contributed by atoms with E-state index in [9.17, 15) is 9.59 Å². The molecule has 2 aliphatic rings. The Balaban J connectivity index is 2.06. The second kappa shape index (κ2) is 4.49. The van der Waals surface area contributed by atoms with E-state index in [0.717, 1.165) is 0 Å². The highest BCUT2D eigenvalue weighted by Crippen LogP contribution is 2.39. The molecule has 1 amide bonds. The largest absolute Gasteiger partial charge is 0.481 e. The summed E-state index contributed by atoms with van der Waals surface area (Å²) in [4.78, 5) is 23.1. The van der Waals surface area contributed by atoms with Crippen molar-refractivity contribution in [3.63, 3.8) is 0 Å². The number of carbonyl (C=O) groups excluding carboxylic acids is 1. The summed E-state index contributed by atoms with van der Waals surface area (Å²) in [5.74, 6) is -2.19. The molecule has 94 valence electrons. The normalized spacial score (nSPS) is 34.3. The molecular weight excluding hydrogens is 222 g/mol. The van der Waals surface area contributed by atoms with Crippen LogP contribution in [-0.4, -0.2) is 35.7 Å². The van der Waals surface area contributed by atoms with Crippen LogP contribution in [0.2, 0.25) is 0 Å². The smallest absolute Gasteiger partial charge is 0.310 e. The highest BCUT2D eigenvalue weighted by Gasteiger charge is 2.53. The van der Waals surface area contributed by atoms with E-state index in [0.29, 0.717) is 12.5 Å². The molecule has 0 unspecified atom stereocenters. The summed E-state index contributed by atoms with van der Waals surface area (Å²) in [6.07, 6.45) is 2.68. The molecule has 2 bridgehead atoms. The Morgan fingerprint density at radius 3 is 2.41 bits per heavy atom. The van der Waals surface area contributed by atoms with Crippen molar-refractivity contribution in [2.24, 2.45) is 17.8 Å². The number of hydrogen-bond donors (Lipinski definition) is 2. The second-order valence-electron chi connectivity index (χ2n) is 4.98. The Hall–Kier alpha value is -1.36. The molecule has 5 heteroatoms. The van der Waals surface area contributed by atoms with Crippen molar-refractivity contribution in [1.82, 2.24) is 5.32 Å². The third-order valence-corrected chi connectivity index (χ3v) is 3.17. The summed E-state index contributed by atoms with van der Waals surface area (Å²) in [6.45, 7) is 4.54. The van der Waals surface area contributed by atoms with E-state index in [-0.39, 0.29) is 12.0 Å². The first-order valence-electron chi connectivity index (χ1n) is 5.85. The molecule has 4 atom stereocenters. The van der Waals surface area contributed by atoms with Crippen molar-refractivity contribution < 1.29 is 19.4 Å². The van der Waals surface area contributed by atoms with Crippen molar-refractivity contribution in [2.75, 3.05) is 6.54 Å². The molecular formula is C12H17NO4. The van der Waals surface area contributed by atoms with Crippen LogP contribution in [0.1, 0.15) is 13.8 Å². The fraction of sp³-hybridized carbons (Fsp3) is 0.667. The van der Waals surface area contributed by atoms with Gasteiger partial charge in [-0.25, -0.2) is 0 Å². The summed E-state index contributed by atoms with van der Waals surface area (Å²) in [7, 11) is 0. The SMILES string of the molecule is CC(C)CNC(=O)[C@@H]1[C@@H](C(=O)O)[C@@H]2C=C[C@H]1O2. The molecule has 17 heavy (non-hydrogen) atoms. The molecule has 2 heterocycles. The Morgan fingerprint density at radius 2 is 1.88 bits per heavy atom. The van der Waals surface area contributed by atoms with Gasteiger partial charge in [0.1, 0.15) is 5.92 Å². The van der Waals surface area contributed by atoms with Crippen LogP contribution < -0.4 is 5.32 Å². The maximum atomic E-state index is 12.0. The summed E-state index contributed by atoms with van der Waals surface area (Å²) < 4.78 is 5.43. The number of carboxylic acid groups (broad SMARTS) is 1. The average Bonchev–Trinajstić information content (AvgIpc) is 2.84. The van der Waals surface area contributed by atoms with Gasteiger partial charge < -0.3 is 15.2 Å². The molecule has 2 aliphatic heterocycles. The number of rotatable bonds is 4. The zero-order valence-electron chi connectivity index (χ0n) is 9.92. The lowest BCUT2D eigenvalue weighted by atomic mass is 9.82. The van der Waals surface area contributed by atoms with Gasteiger partial charge in [-0.1, -0.05) is 26.0 Å². The minimum Gasteiger partial charge on any atom is -0.481 e. The van der Waals surface area contributed by atoms with E-state index < -0.39 is 23.9 Å². The van der Waals surface area contributed by atoms with Gasteiger partial charge in [0, 0.05) is 6.54 Å². The molecule has 1 saturated heterocycles. The van der Waals surface area contributed by atoms with Gasteiger partial charge in [-0.05, 0) is 5.92 Å². The van der Waals surface area contributed by atoms with Gasteiger partial charge in [0.05, 0.1) is 18.1 Å². The molecule has 2 rings (SSSR count). The van der Waals surface area contributed by atoms with Gasteiger partial charge in [-0.3, -0.25) is 9.59 Å². The fourth-order valence-electron chi connectivity index (χ4n) is 2.34. The van der Waals surface area contributed by atoms with Crippen molar-refractivity contribution in [1.29, 1.82) is 0 Å². The van der Waals surface area contributed by atoms with Crippen molar-refractivity contribution >= 4 is 11.9 Å². The van der Waals surface area contributed by atoms with E-state index in [1.807, 2.05) is 13.8 Å². The standard InChI is InChI=1S/C12H17NO4/c1-6(2)5-13-11(14)9-7-3-4-8(17-7)10(9)12(15)16/h3-4,6-10H,5H2,1-2H3,(H,13,14)(H,15,16)/t7-,8+,9+,10+/m1/s1. The summed E-state index contributed by atoms with van der Waals surface area (Å²) in [5, 5.41) is 11.9. The van der Waals surface area contributed by atoms with E-state index >= 15 is 0 Å². The van der Waals surface area contributed by atoms with Gasteiger partial charge in [-0.15, -0.1) is 0 Å². The van der Waals surface area contributed by atoms with E-state index in [4.69, 9.17) is 9.84 Å². The Labute approximate surface area is 99.8 Å². The van der Waals surface area contributed by atoms with Crippen molar-refractivity contribution in [2.45, 2.75) is 26.1 Å². The summed E-state index contributed by atoms with van der Waals surface area (Å²) >= 11 is 0. The van der Waals surface area contributed by atoms with Crippen molar-refractivity contribution in [3.05, 3.63) is 12.2 Å². The fourth-order valence-corrected chi connectivity index (χ4v) is 2.34. The van der Waals surface area contributed by atoms with Crippen LogP contribution in [0.25, 0.3) is 0 Å². The first-order valence-corrected chi connectivity index (χ1v) is 5.85. The average molecular weight is 239 g/mol. The molecule has 2 N–H and O–H groups in total. The molecule has 0 aromatic heterocycles. The third kappa shape index (κ3) is 2.20. The molecule has 5 nitrogen and oxygen atoms in total. The highest BCUT2D eigenvalue weighted by molar-refractivity contribution is 5.87. The maximum absolute atomic E-state index is 12.0. The molecule has 0 radical (unpaired) electrons. The highest BCUT2D eigenvalue weighted by atomic mass is 16.5. The zero-order valence-corrected chi connectivity index (χ0v) is 9.92. The van der Waals surface area contributed by atoms with Gasteiger partial charge >= 0.3 is 5.97 Å². The summed E-state index contributed by atoms with van der Waals surface area (Å²) in [5.41, 5.74) is 0. The number of hydrogen-bond acceptors (Lipinski definition) is 3. The number of amides is 1. The minimum absolute atomic E-state index is 0.219. The minimum atomic E-state index is -0.966. The predicted molar refractivity (Wildman–Crippen MR) is 60.3 cm³/mol. The monoisotopic (exact) mass is 239 g/mol. The number of ether oxygens (including phenoxy) is 1. The topological polar surface area (TPSA) is 75.6 Å². The second-order valence-corrected chi connectivity index (χ2v) is 4.98. The Bertz CT molecular complexity index is 364. The van der Waals surface area contributed by atoms with Crippen LogP contribution in [0.15, 0.2) is 12.2 Å².